The molecule has 1 aromatic heterocycles. The molecule has 6 aromatic rings. The number of benzene rings is 5. The molecule has 0 saturated heterocycles. The van der Waals surface area contributed by atoms with E-state index in [9.17, 15) is 0 Å². The van der Waals surface area contributed by atoms with Crippen LogP contribution in [0.4, 0.5) is 17.1 Å². The van der Waals surface area contributed by atoms with E-state index in [1.165, 1.54) is 82.9 Å². The van der Waals surface area contributed by atoms with Crippen molar-refractivity contribution in [2.24, 2.45) is 17.8 Å². The first kappa shape index (κ1) is 29.6. The van der Waals surface area contributed by atoms with Crippen molar-refractivity contribution >= 4 is 39.0 Å². The Kier molecular flexibility index (Phi) is 6.12. The zero-order valence-electron chi connectivity index (χ0n) is 29.6. The van der Waals surface area contributed by atoms with Gasteiger partial charge in [-0.1, -0.05) is 89.2 Å². The maximum absolute atomic E-state index is 6.49. The first-order valence-corrected chi connectivity index (χ1v) is 18.7. The van der Waals surface area contributed by atoms with Gasteiger partial charge in [-0.3, -0.25) is 0 Å². The molecule has 4 aliphatic rings. The van der Waals surface area contributed by atoms with Gasteiger partial charge in [-0.2, -0.15) is 0 Å². The predicted molar refractivity (Wildman–Crippen MR) is 205 cm³/mol. The van der Waals surface area contributed by atoms with Gasteiger partial charge in [0.1, 0.15) is 11.2 Å². The Labute approximate surface area is 291 Å². The lowest BCUT2D eigenvalue weighted by atomic mass is 9.63. The van der Waals surface area contributed by atoms with Crippen LogP contribution in [0.5, 0.6) is 0 Å². The van der Waals surface area contributed by atoms with E-state index in [1.54, 1.807) is 11.1 Å². The summed E-state index contributed by atoms with van der Waals surface area (Å²) in [5.74, 6) is 2.35. The predicted octanol–water partition coefficient (Wildman–Crippen LogP) is 13.1. The topological polar surface area (TPSA) is 16.4 Å². The Balaban J connectivity index is 1.20. The monoisotopic (exact) mass is 641 g/mol. The van der Waals surface area contributed by atoms with Gasteiger partial charge in [-0.05, 0) is 143 Å². The molecule has 0 aliphatic heterocycles. The molecule has 1 heterocycles. The van der Waals surface area contributed by atoms with Gasteiger partial charge in [0.25, 0.3) is 0 Å². The van der Waals surface area contributed by atoms with Crippen LogP contribution in [0, 0.1) is 17.8 Å². The summed E-state index contributed by atoms with van der Waals surface area (Å²) in [6.45, 7) is 12.2. The number of furan rings is 1. The number of fused-ring (bicyclic) bond motifs is 11. The number of rotatable bonds is 3. The summed E-state index contributed by atoms with van der Waals surface area (Å²) in [6, 6.07) is 39.4. The highest BCUT2D eigenvalue weighted by Gasteiger charge is 2.57. The molecule has 4 aliphatic carbocycles. The van der Waals surface area contributed by atoms with Crippen LogP contribution in [0.25, 0.3) is 33.1 Å². The zero-order chi connectivity index (χ0) is 33.3. The van der Waals surface area contributed by atoms with Crippen molar-refractivity contribution in [3.05, 3.63) is 125 Å². The van der Waals surface area contributed by atoms with Crippen LogP contribution < -0.4 is 4.90 Å². The van der Waals surface area contributed by atoms with E-state index >= 15 is 0 Å². The van der Waals surface area contributed by atoms with Crippen LogP contribution >= 0.6 is 0 Å². The molecular formula is C47H47NO. The molecule has 1 spiro atoms. The average molecular weight is 642 g/mol. The van der Waals surface area contributed by atoms with Crippen LogP contribution in [0.15, 0.2) is 108 Å². The molecule has 0 radical (unpaired) electrons. The second-order valence-corrected chi connectivity index (χ2v) is 17.3. The minimum Gasteiger partial charge on any atom is -0.456 e. The Hall–Kier alpha value is -4.30. The number of anilines is 3. The third-order valence-electron chi connectivity index (χ3n) is 13.6. The van der Waals surface area contributed by atoms with Gasteiger partial charge in [0.15, 0.2) is 0 Å². The van der Waals surface area contributed by atoms with E-state index < -0.39 is 0 Å². The van der Waals surface area contributed by atoms with Crippen LogP contribution in [0.3, 0.4) is 0 Å². The van der Waals surface area contributed by atoms with Gasteiger partial charge < -0.3 is 9.32 Å². The highest BCUT2D eigenvalue weighted by molar-refractivity contribution is 6.06. The van der Waals surface area contributed by atoms with Crippen molar-refractivity contribution in [2.75, 3.05) is 4.90 Å². The number of hydrogen-bond donors (Lipinski definition) is 0. The lowest BCUT2D eigenvalue weighted by Gasteiger charge is -2.42. The van der Waals surface area contributed by atoms with Gasteiger partial charge >= 0.3 is 0 Å². The Morgan fingerprint density at radius 3 is 2.08 bits per heavy atom. The van der Waals surface area contributed by atoms with Gasteiger partial charge in [-0.15, -0.1) is 0 Å². The average Bonchev–Trinajstić information content (AvgIpc) is 3.83. The minimum absolute atomic E-state index is 0.105. The first-order chi connectivity index (χ1) is 23.6. The molecule has 4 atom stereocenters. The second-order valence-electron chi connectivity index (χ2n) is 17.3. The molecule has 246 valence electrons. The third kappa shape index (κ3) is 4.13. The van der Waals surface area contributed by atoms with E-state index in [0.29, 0.717) is 5.92 Å². The molecule has 0 N–H and O–H groups in total. The highest BCUT2D eigenvalue weighted by Crippen LogP contribution is 2.66. The smallest absolute Gasteiger partial charge is 0.137 e. The summed E-state index contributed by atoms with van der Waals surface area (Å²) < 4.78 is 6.49. The summed E-state index contributed by atoms with van der Waals surface area (Å²) >= 11 is 0. The molecule has 2 nitrogen and oxygen atoms in total. The maximum atomic E-state index is 6.49. The summed E-state index contributed by atoms with van der Waals surface area (Å²) in [7, 11) is 0. The van der Waals surface area contributed by atoms with Crippen LogP contribution in [0.2, 0.25) is 0 Å². The van der Waals surface area contributed by atoms with Crippen molar-refractivity contribution in [1.29, 1.82) is 0 Å². The number of para-hydroxylation sites is 1. The van der Waals surface area contributed by atoms with E-state index in [4.69, 9.17) is 4.42 Å². The third-order valence-corrected chi connectivity index (χ3v) is 13.6. The van der Waals surface area contributed by atoms with Crippen LogP contribution in [0.1, 0.15) is 95.4 Å². The largest absolute Gasteiger partial charge is 0.456 e. The molecule has 0 amide bonds. The van der Waals surface area contributed by atoms with Crippen molar-refractivity contribution in [2.45, 2.75) is 89.4 Å². The van der Waals surface area contributed by atoms with Crippen molar-refractivity contribution in [3.63, 3.8) is 0 Å². The fraction of sp³-hybridized carbons (Fsp3) is 0.362. The number of nitrogens with zero attached hydrogens (tertiary/aromatic N) is 1. The van der Waals surface area contributed by atoms with E-state index in [2.05, 4.69) is 143 Å². The molecule has 10 rings (SSSR count). The summed E-state index contributed by atoms with van der Waals surface area (Å²) in [5.41, 5.74) is 14.9. The van der Waals surface area contributed by atoms with Crippen molar-refractivity contribution in [3.8, 4) is 11.1 Å². The summed E-state index contributed by atoms with van der Waals surface area (Å²) in [6.07, 6.45) is 7.74. The molecule has 0 bridgehead atoms. The molecular weight excluding hydrogens is 595 g/mol. The lowest BCUT2D eigenvalue weighted by molar-refractivity contribution is 0.332. The Morgan fingerprint density at radius 2 is 1.22 bits per heavy atom. The molecule has 4 unspecified atom stereocenters. The van der Waals surface area contributed by atoms with Gasteiger partial charge in [-0.25, -0.2) is 0 Å². The molecule has 2 fully saturated rings. The highest BCUT2D eigenvalue weighted by atomic mass is 16.3. The number of hydrogen-bond acceptors (Lipinski definition) is 2. The summed E-state index contributed by atoms with van der Waals surface area (Å²) in [5, 5.41) is 2.34. The fourth-order valence-corrected chi connectivity index (χ4v) is 11.1. The SMILES string of the molecule is CC1CC2CCC3(c4ccccc4-c4ccc(N(c5ccc6c(c5)C(C)(C)CCC6(C)C)c5ccc6c(c5)oc5ccccc56)cc43)C2C1. The van der Waals surface area contributed by atoms with E-state index in [1.807, 2.05) is 0 Å². The molecule has 49 heavy (non-hydrogen) atoms. The fourth-order valence-electron chi connectivity index (χ4n) is 11.1. The van der Waals surface area contributed by atoms with Gasteiger partial charge in [0.2, 0.25) is 0 Å². The first-order valence-electron chi connectivity index (χ1n) is 18.7. The quantitative estimate of drug-likeness (QED) is 0.191. The van der Waals surface area contributed by atoms with Crippen LogP contribution in [-0.2, 0) is 16.2 Å². The molecule has 2 heteroatoms. The van der Waals surface area contributed by atoms with Gasteiger partial charge in [0.05, 0.1) is 0 Å². The Bertz CT molecular complexity index is 2300. The lowest BCUT2D eigenvalue weighted by Crippen LogP contribution is -2.34. The van der Waals surface area contributed by atoms with Gasteiger partial charge in [0, 0.05) is 39.3 Å². The summed E-state index contributed by atoms with van der Waals surface area (Å²) in [4.78, 5) is 2.52. The zero-order valence-corrected chi connectivity index (χ0v) is 29.6. The van der Waals surface area contributed by atoms with E-state index in [0.717, 1.165) is 28.7 Å². The minimum atomic E-state index is 0.105. The van der Waals surface area contributed by atoms with Crippen molar-refractivity contribution < 1.29 is 4.42 Å². The second kappa shape index (κ2) is 10.1. The molecule has 5 aromatic carbocycles. The van der Waals surface area contributed by atoms with Crippen LogP contribution in [-0.4, -0.2) is 0 Å². The molecule has 2 saturated carbocycles. The van der Waals surface area contributed by atoms with Crippen molar-refractivity contribution in [1.82, 2.24) is 0 Å². The van der Waals surface area contributed by atoms with E-state index in [-0.39, 0.29) is 16.2 Å². The Morgan fingerprint density at radius 1 is 0.571 bits per heavy atom. The maximum Gasteiger partial charge on any atom is 0.137 e. The standard InChI is InChI=1S/C47H47NO/c1-29-24-30-20-21-47(40(30)25-29)38-12-8-6-10-34(38)35-17-14-31(26-41(35)47)48(32-16-19-39-42(27-32)46(4,5)23-22-45(39,2)3)33-15-18-37-36-11-7-9-13-43(36)49-44(37)28-33/h6-19,26-30,40H,20-25H2,1-5H3. The normalized spacial score (nSPS) is 25.8.